The molecule has 0 aliphatic carbocycles. The van der Waals surface area contributed by atoms with Gasteiger partial charge in [0.2, 0.25) is 5.91 Å². The summed E-state index contributed by atoms with van der Waals surface area (Å²) in [5, 5.41) is 10.9. The second-order valence-corrected chi connectivity index (χ2v) is 6.46. The number of fused-ring (bicyclic) bond motifs is 1. The largest absolute Gasteiger partial charge is 0.420 e. The van der Waals surface area contributed by atoms with Crippen molar-refractivity contribution < 1.29 is 14.1 Å². The normalized spacial score (nSPS) is 11.1. The van der Waals surface area contributed by atoms with E-state index in [9.17, 15) is 19.7 Å². The summed E-state index contributed by atoms with van der Waals surface area (Å²) < 4.78 is 6.28. The minimum Gasteiger partial charge on any atom is -0.407 e. The van der Waals surface area contributed by atoms with Gasteiger partial charge in [0, 0.05) is 18.7 Å². The monoisotopic (exact) mass is 369 g/mol. The molecule has 0 bridgehead atoms. The zero-order valence-electron chi connectivity index (χ0n) is 15.0. The van der Waals surface area contributed by atoms with Gasteiger partial charge < -0.3 is 9.32 Å². The summed E-state index contributed by atoms with van der Waals surface area (Å²) in [5.41, 5.74) is 1.24. The van der Waals surface area contributed by atoms with Crippen LogP contribution in [-0.4, -0.2) is 26.3 Å². The van der Waals surface area contributed by atoms with Crippen molar-refractivity contribution in [3.63, 3.8) is 0 Å². The van der Waals surface area contributed by atoms with Crippen LogP contribution in [-0.2, 0) is 17.9 Å². The SMILES string of the molecule is CC(C)N(Cc1ccccc1)C(=O)Cn1c(=O)oc2cc([N+](=O)[O-])ccc21. The van der Waals surface area contributed by atoms with Gasteiger partial charge in [0.05, 0.1) is 16.5 Å². The maximum atomic E-state index is 12.8. The predicted octanol–water partition coefficient (Wildman–Crippen LogP) is 2.94. The van der Waals surface area contributed by atoms with Gasteiger partial charge in [-0.2, -0.15) is 0 Å². The minimum atomic E-state index is -0.720. The van der Waals surface area contributed by atoms with E-state index >= 15 is 0 Å². The van der Waals surface area contributed by atoms with E-state index in [4.69, 9.17) is 4.42 Å². The van der Waals surface area contributed by atoms with Crippen molar-refractivity contribution in [3.8, 4) is 0 Å². The Hall–Kier alpha value is -3.42. The summed E-state index contributed by atoms with van der Waals surface area (Å²) in [4.78, 5) is 37.0. The Bertz CT molecular complexity index is 1040. The number of aromatic nitrogens is 1. The first-order chi connectivity index (χ1) is 12.9. The van der Waals surface area contributed by atoms with Gasteiger partial charge in [-0.05, 0) is 25.5 Å². The summed E-state index contributed by atoms with van der Waals surface area (Å²) in [6.07, 6.45) is 0. The second-order valence-electron chi connectivity index (χ2n) is 6.46. The van der Waals surface area contributed by atoms with E-state index < -0.39 is 10.7 Å². The molecule has 1 amide bonds. The highest BCUT2D eigenvalue weighted by molar-refractivity contribution is 5.80. The molecule has 0 spiro atoms. The number of nitrogens with zero attached hydrogens (tertiary/aromatic N) is 3. The molecule has 0 atom stereocenters. The van der Waals surface area contributed by atoms with Gasteiger partial charge >= 0.3 is 5.76 Å². The van der Waals surface area contributed by atoms with Crippen molar-refractivity contribution in [2.45, 2.75) is 33.0 Å². The minimum absolute atomic E-state index is 0.0624. The molecule has 0 unspecified atom stereocenters. The van der Waals surface area contributed by atoms with Crippen molar-refractivity contribution >= 4 is 22.7 Å². The fourth-order valence-corrected chi connectivity index (χ4v) is 2.88. The van der Waals surface area contributed by atoms with Crippen LogP contribution in [0.3, 0.4) is 0 Å². The Kier molecular flexibility index (Phi) is 5.07. The molecule has 2 aromatic carbocycles. The van der Waals surface area contributed by atoms with Crippen molar-refractivity contribution in [1.29, 1.82) is 0 Å². The quantitative estimate of drug-likeness (QED) is 0.491. The fourth-order valence-electron chi connectivity index (χ4n) is 2.88. The molecular weight excluding hydrogens is 350 g/mol. The molecule has 3 aromatic rings. The van der Waals surface area contributed by atoms with E-state index in [1.54, 1.807) is 4.90 Å². The highest BCUT2D eigenvalue weighted by Crippen LogP contribution is 2.20. The van der Waals surface area contributed by atoms with Crippen molar-refractivity contribution in [1.82, 2.24) is 9.47 Å². The number of amides is 1. The number of carbonyl (C=O) groups excluding carboxylic acids is 1. The van der Waals surface area contributed by atoms with Gasteiger partial charge in [-0.3, -0.25) is 19.5 Å². The lowest BCUT2D eigenvalue weighted by molar-refractivity contribution is -0.384. The number of nitro groups is 1. The van der Waals surface area contributed by atoms with E-state index in [1.807, 2.05) is 44.2 Å². The van der Waals surface area contributed by atoms with Crippen LogP contribution in [0.15, 0.2) is 57.7 Å². The standard InChI is InChI=1S/C19H19N3O5/c1-13(2)20(11-14-6-4-3-5-7-14)18(23)12-21-16-9-8-15(22(25)26)10-17(16)27-19(21)24/h3-10,13H,11-12H2,1-2H3. The fraction of sp³-hybridized carbons (Fsp3) is 0.263. The van der Waals surface area contributed by atoms with E-state index in [0.717, 1.165) is 5.56 Å². The first-order valence-corrected chi connectivity index (χ1v) is 8.48. The maximum Gasteiger partial charge on any atom is 0.420 e. The molecule has 0 radical (unpaired) electrons. The van der Waals surface area contributed by atoms with Crippen LogP contribution in [0.5, 0.6) is 0 Å². The van der Waals surface area contributed by atoms with Crippen LogP contribution >= 0.6 is 0 Å². The van der Waals surface area contributed by atoms with Gasteiger partial charge in [0.25, 0.3) is 5.69 Å². The first-order valence-electron chi connectivity index (χ1n) is 8.48. The molecule has 3 rings (SSSR count). The summed E-state index contributed by atoms with van der Waals surface area (Å²) in [7, 11) is 0. The molecule has 8 heteroatoms. The molecule has 0 fully saturated rings. The van der Waals surface area contributed by atoms with Gasteiger partial charge in [0.15, 0.2) is 5.58 Å². The second kappa shape index (κ2) is 7.45. The molecule has 140 valence electrons. The van der Waals surface area contributed by atoms with Gasteiger partial charge in [-0.15, -0.1) is 0 Å². The Balaban J connectivity index is 1.88. The Morgan fingerprint density at radius 3 is 2.56 bits per heavy atom. The van der Waals surface area contributed by atoms with Crippen LogP contribution < -0.4 is 5.76 Å². The van der Waals surface area contributed by atoms with Gasteiger partial charge in [-0.25, -0.2) is 4.79 Å². The van der Waals surface area contributed by atoms with Crippen LogP contribution in [0.2, 0.25) is 0 Å². The Morgan fingerprint density at radius 1 is 1.22 bits per heavy atom. The average molecular weight is 369 g/mol. The number of hydrogen-bond acceptors (Lipinski definition) is 5. The molecule has 0 saturated carbocycles. The molecule has 0 aliphatic heterocycles. The number of rotatable bonds is 6. The number of benzene rings is 2. The zero-order chi connectivity index (χ0) is 19.6. The van der Waals surface area contributed by atoms with Crippen molar-refractivity contribution in [2.75, 3.05) is 0 Å². The van der Waals surface area contributed by atoms with E-state index in [0.29, 0.717) is 12.1 Å². The molecule has 1 heterocycles. The third-order valence-electron chi connectivity index (χ3n) is 4.30. The molecule has 8 nitrogen and oxygen atoms in total. The van der Waals surface area contributed by atoms with Gasteiger partial charge in [0.1, 0.15) is 6.54 Å². The van der Waals surface area contributed by atoms with Crippen LogP contribution in [0, 0.1) is 10.1 Å². The lowest BCUT2D eigenvalue weighted by atomic mass is 10.2. The van der Waals surface area contributed by atoms with Crippen LogP contribution in [0.1, 0.15) is 19.4 Å². The third-order valence-corrected chi connectivity index (χ3v) is 4.30. The summed E-state index contributed by atoms with van der Waals surface area (Å²) in [6.45, 7) is 4.03. The Morgan fingerprint density at radius 2 is 1.93 bits per heavy atom. The number of hydrogen-bond donors (Lipinski definition) is 0. The highest BCUT2D eigenvalue weighted by Gasteiger charge is 2.21. The molecule has 27 heavy (non-hydrogen) atoms. The molecule has 0 N–H and O–H groups in total. The van der Waals surface area contributed by atoms with E-state index in [1.165, 1.54) is 22.8 Å². The first kappa shape index (κ1) is 18.4. The molecular formula is C19H19N3O5. The number of oxazole rings is 1. The number of carbonyl (C=O) groups is 1. The summed E-state index contributed by atoms with van der Waals surface area (Å²) in [6, 6.07) is 13.4. The Labute approximate surface area is 154 Å². The van der Waals surface area contributed by atoms with Gasteiger partial charge in [-0.1, -0.05) is 30.3 Å². The van der Waals surface area contributed by atoms with E-state index in [-0.39, 0.29) is 29.8 Å². The van der Waals surface area contributed by atoms with Crippen LogP contribution in [0.25, 0.3) is 11.1 Å². The van der Waals surface area contributed by atoms with Crippen molar-refractivity contribution in [3.05, 3.63) is 74.8 Å². The summed E-state index contributed by atoms with van der Waals surface area (Å²) >= 11 is 0. The highest BCUT2D eigenvalue weighted by atomic mass is 16.6. The molecule has 1 aromatic heterocycles. The predicted molar refractivity (Wildman–Crippen MR) is 99.3 cm³/mol. The topological polar surface area (TPSA) is 98.6 Å². The number of non-ortho nitro benzene ring substituents is 1. The molecule has 0 aliphatic rings. The maximum absolute atomic E-state index is 12.8. The smallest absolute Gasteiger partial charge is 0.407 e. The third kappa shape index (κ3) is 3.89. The van der Waals surface area contributed by atoms with Crippen LogP contribution in [0.4, 0.5) is 5.69 Å². The lowest BCUT2D eigenvalue weighted by Crippen LogP contribution is -2.39. The zero-order valence-corrected chi connectivity index (χ0v) is 15.0. The summed E-state index contributed by atoms with van der Waals surface area (Å²) in [5.74, 6) is -0.959. The molecule has 0 saturated heterocycles. The lowest BCUT2D eigenvalue weighted by Gasteiger charge is -2.27. The number of nitro benzene ring substituents is 1. The van der Waals surface area contributed by atoms with E-state index in [2.05, 4.69) is 0 Å². The average Bonchev–Trinajstić information content (AvgIpc) is 2.94. The van der Waals surface area contributed by atoms with Crippen molar-refractivity contribution in [2.24, 2.45) is 0 Å².